The highest BCUT2D eigenvalue weighted by Crippen LogP contribution is 2.40. The number of ether oxygens (including phenoxy) is 1. The number of benzene rings is 1. The molecule has 0 spiro atoms. The van der Waals surface area contributed by atoms with Gasteiger partial charge in [0.05, 0.1) is 4.48 Å². The van der Waals surface area contributed by atoms with Gasteiger partial charge in [0, 0.05) is 4.90 Å². The number of hydrogen-bond acceptors (Lipinski definition) is 3. The average molecular weight is 364 g/mol. The molecule has 1 aromatic rings. The summed E-state index contributed by atoms with van der Waals surface area (Å²) < 4.78 is 6.41. The van der Waals surface area contributed by atoms with Gasteiger partial charge in [-0.05, 0) is 50.9 Å². The first kappa shape index (κ1) is 12.2. The van der Waals surface area contributed by atoms with Crippen LogP contribution >= 0.6 is 43.6 Å². The lowest BCUT2D eigenvalue weighted by molar-refractivity contribution is -0.136. The van der Waals surface area contributed by atoms with Crippen LogP contribution in [0.5, 0.6) is 0 Å². The van der Waals surface area contributed by atoms with Crippen molar-refractivity contribution in [2.75, 3.05) is 0 Å². The number of thioether (sulfide) groups is 1. The smallest absolute Gasteiger partial charge is 0.347 e. The molecule has 16 heavy (non-hydrogen) atoms. The predicted octanol–water partition coefficient (Wildman–Crippen LogP) is 3.97. The Hall–Kier alpha value is -0.260. The number of carbonyl (C=O) groups is 1. The zero-order chi connectivity index (χ0) is 11.7. The molecule has 5 heteroatoms. The highest BCUT2D eigenvalue weighted by molar-refractivity contribution is 9.14. The van der Waals surface area contributed by atoms with Gasteiger partial charge in [-0.1, -0.05) is 29.5 Å². The number of carbonyl (C=O) groups excluding carboxylic acids is 1. The topological polar surface area (TPSA) is 26.3 Å². The summed E-state index contributed by atoms with van der Waals surface area (Å²) in [6.45, 7) is 2.03. The van der Waals surface area contributed by atoms with E-state index in [0.717, 1.165) is 9.38 Å². The molecular formula is C11H8Br2O2S. The van der Waals surface area contributed by atoms with Crippen LogP contribution in [0.1, 0.15) is 5.56 Å². The van der Waals surface area contributed by atoms with E-state index in [1.54, 1.807) is 0 Å². The van der Waals surface area contributed by atoms with Crippen molar-refractivity contribution in [2.24, 2.45) is 0 Å². The fourth-order valence-corrected chi connectivity index (χ4v) is 3.29. The molecule has 2 rings (SSSR count). The maximum absolute atomic E-state index is 11.3. The number of esters is 1. The molecule has 0 fully saturated rings. The Morgan fingerprint density at radius 2 is 2.12 bits per heavy atom. The van der Waals surface area contributed by atoms with E-state index in [2.05, 4.69) is 37.9 Å². The van der Waals surface area contributed by atoms with Crippen LogP contribution in [-0.4, -0.2) is 11.4 Å². The van der Waals surface area contributed by atoms with Crippen molar-refractivity contribution < 1.29 is 9.53 Å². The summed E-state index contributed by atoms with van der Waals surface area (Å²) in [5.74, 6) is -0.322. The Bertz CT molecular complexity index is 471. The quantitative estimate of drug-likeness (QED) is 0.743. The van der Waals surface area contributed by atoms with Crippen molar-refractivity contribution in [2.45, 2.75) is 17.3 Å². The Balaban J connectivity index is 2.16. The minimum absolute atomic E-state index is 0.288. The van der Waals surface area contributed by atoms with Crippen LogP contribution in [0.3, 0.4) is 0 Å². The van der Waals surface area contributed by atoms with E-state index >= 15 is 0 Å². The van der Waals surface area contributed by atoms with Gasteiger partial charge in [0.1, 0.15) is 4.48 Å². The Morgan fingerprint density at radius 3 is 2.69 bits per heavy atom. The molecule has 0 N–H and O–H groups in total. The van der Waals surface area contributed by atoms with E-state index in [0.29, 0.717) is 4.48 Å². The zero-order valence-electron chi connectivity index (χ0n) is 8.37. The molecular weight excluding hydrogens is 356 g/mol. The number of aryl methyl sites for hydroxylation is 1. The molecule has 0 amide bonds. The van der Waals surface area contributed by atoms with Crippen LogP contribution < -0.4 is 0 Å². The van der Waals surface area contributed by atoms with Crippen LogP contribution in [0.4, 0.5) is 0 Å². The Morgan fingerprint density at radius 1 is 1.38 bits per heavy atom. The summed E-state index contributed by atoms with van der Waals surface area (Å²) in [6.07, 6.45) is 0. The molecule has 1 heterocycles. The maximum Gasteiger partial charge on any atom is 0.347 e. The highest BCUT2D eigenvalue weighted by Gasteiger charge is 2.31. The van der Waals surface area contributed by atoms with Gasteiger partial charge in [0.15, 0.2) is 5.44 Å². The first-order chi connectivity index (χ1) is 7.58. The molecule has 0 radical (unpaired) electrons. The van der Waals surface area contributed by atoms with Gasteiger partial charge in [0.2, 0.25) is 0 Å². The van der Waals surface area contributed by atoms with Crippen molar-refractivity contribution in [1.82, 2.24) is 0 Å². The molecule has 0 saturated heterocycles. The fourth-order valence-electron chi connectivity index (χ4n) is 1.29. The number of halogens is 2. The summed E-state index contributed by atoms with van der Waals surface area (Å²) in [7, 11) is 0. The molecule has 1 aliphatic rings. The average Bonchev–Trinajstić information content (AvgIpc) is 2.47. The highest BCUT2D eigenvalue weighted by atomic mass is 79.9. The van der Waals surface area contributed by atoms with E-state index in [9.17, 15) is 4.79 Å². The first-order valence-electron chi connectivity index (χ1n) is 4.57. The number of rotatable bonds is 2. The van der Waals surface area contributed by atoms with E-state index in [1.165, 1.54) is 17.3 Å². The standard InChI is InChI=1S/C11H8Br2O2S/c1-6-3-2-4-7(5-6)16-11-9(13)8(12)10(14)15-11/h2-5,11H,1H3. The van der Waals surface area contributed by atoms with Gasteiger partial charge in [-0.25, -0.2) is 4.79 Å². The lowest BCUT2D eigenvalue weighted by Crippen LogP contribution is -2.04. The molecule has 1 unspecified atom stereocenters. The molecule has 84 valence electrons. The van der Waals surface area contributed by atoms with Crippen molar-refractivity contribution in [1.29, 1.82) is 0 Å². The molecule has 0 saturated carbocycles. The third-order valence-electron chi connectivity index (χ3n) is 2.04. The number of hydrogen-bond donors (Lipinski definition) is 0. The zero-order valence-corrected chi connectivity index (χ0v) is 12.4. The summed E-state index contributed by atoms with van der Waals surface area (Å²) >= 11 is 8.04. The third-order valence-corrected chi connectivity index (χ3v) is 5.51. The van der Waals surface area contributed by atoms with Crippen LogP contribution in [-0.2, 0) is 9.53 Å². The molecule has 1 aromatic carbocycles. The van der Waals surface area contributed by atoms with Crippen LogP contribution in [0.15, 0.2) is 38.1 Å². The van der Waals surface area contributed by atoms with E-state index < -0.39 is 0 Å². The van der Waals surface area contributed by atoms with Gasteiger partial charge in [-0.2, -0.15) is 0 Å². The SMILES string of the molecule is Cc1cccc(SC2OC(=O)C(Br)=C2Br)c1. The maximum atomic E-state index is 11.3. The third kappa shape index (κ3) is 2.52. The van der Waals surface area contributed by atoms with Crippen molar-refractivity contribution in [3.05, 3.63) is 38.8 Å². The summed E-state index contributed by atoms with van der Waals surface area (Å²) in [5, 5.41) is 0. The lowest BCUT2D eigenvalue weighted by Gasteiger charge is -2.10. The van der Waals surface area contributed by atoms with Crippen LogP contribution in [0.25, 0.3) is 0 Å². The summed E-state index contributed by atoms with van der Waals surface area (Å²) in [4.78, 5) is 12.4. The number of cyclic esters (lactones) is 1. The van der Waals surface area contributed by atoms with Gasteiger partial charge < -0.3 is 4.74 Å². The van der Waals surface area contributed by atoms with Gasteiger partial charge in [0.25, 0.3) is 0 Å². The van der Waals surface area contributed by atoms with Crippen molar-refractivity contribution in [3.63, 3.8) is 0 Å². The second kappa shape index (κ2) is 4.94. The van der Waals surface area contributed by atoms with Gasteiger partial charge in [-0.3, -0.25) is 0 Å². The second-order valence-electron chi connectivity index (χ2n) is 3.33. The first-order valence-corrected chi connectivity index (χ1v) is 7.04. The molecule has 0 aliphatic carbocycles. The Kier molecular flexibility index (Phi) is 3.77. The largest absolute Gasteiger partial charge is 0.441 e. The van der Waals surface area contributed by atoms with Crippen molar-refractivity contribution >= 4 is 49.6 Å². The normalized spacial score (nSPS) is 20.2. The van der Waals surface area contributed by atoms with Crippen molar-refractivity contribution in [3.8, 4) is 0 Å². The summed E-state index contributed by atoms with van der Waals surface area (Å²) in [5.41, 5.74) is 0.900. The minimum Gasteiger partial charge on any atom is -0.441 e. The van der Waals surface area contributed by atoms with E-state index in [1.807, 2.05) is 25.1 Å². The minimum atomic E-state index is -0.322. The van der Waals surface area contributed by atoms with Crippen LogP contribution in [0, 0.1) is 6.92 Å². The van der Waals surface area contributed by atoms with E-state index in [-0.39, 0.29) is 11.4 Å². The molecule has 0 aromatic heterocycles. The van der Waals surface area contributed by atoms with E-state index in [4.69, 9.17) is 4.74 Å². The predicted molar refractivity (Wildman–Crippen MR) is 71.8 cm³/mol. The Labute approximate surface area is 115 Å². The molecule has 0 bridgehead atoms. The second-order valence-corrected chi connectivity index (χ2v) is 6.12. The van der Waals surface area contributed by atoms with Gasteiger partial charge >= 0.3 is 5.97 Å². The molecule has 2 nitrogen and oxygen atoms in total. The van der Waals surface area contributed by atoms with Crippen LogP contribution in [0.2, 0.25) is 0 Å². The lowest BCUT2D eigenvalue weighted by atomic mass is 10.2. The molecule has 1 aliphatic heterocycles. The molecule has 1 atom stereocenters. The summed E-state index contributed by atoms with van der Waals surface area (Å²) in [6, 6.07) is 8.08. The fraction of sp³-hybridized carbons (Fsp3) is 0.182. The monoisotopic (exact) mass is 362 g/mol. The van der Waals surface area contributed by atoms with Gasteiger partial charge in [-0.15, -0.1) is 0 Å².